The number of nitrogen functional groups attached to an aromatic ring is 1. The summed E-state index contributed by atoms with van der Waals surface area (Å²) in [7, 11) is 0. The van der Waals surface area contributed by atoms with Gasteiger partial charge in [0.05, 0.1) is 12.2 Å². The van der Waals surface area contributed by atoms with Gasteiger partial charge in [-0.3, -0.25) is 0 Å². The molecule has 1 rings (SSSR count). The van der Waals surface area contributed by atoms with E-state index in [2.05, 4.69) is 6.92 Å². The minimum Gasteiger partial charge on any atom is -0.478 e. The highest BCUT2D eigenvalue weighted by molar-refractivity contribution is 5.95. The lowest BCUT2D eigenvalue weighted by atomic mass is 10.1. The fourth-order valence-electron chi connectivity index (χ4n) is 1.64. The van der Waals surface area contributed by atoms with Gasteiger partial charge in [-0.15, -0.1) is 0 Å². The highest BCUT2D eigenvalue weighted by Gasteiger charge is 2.13. The van der Waals surface area contributed by atoms with Crippen molar-refractivity contribution in [3.05, 3.63) is 29.3 Å². The molecule has 0 unspecified atom stereocenters. The van der Waals surface area contributed by atoms with E-state index in [1.807, 2.05) is 0 Å². The topological polar surface area (TPSA) is 72.5 Å². The smallest absolute Gasteiger partial charge is 0.338 e. The van der Waals surface area contributed by atoms with Gasteiger partial charge < -0.3 is 15.6 Å². The molecule has 0 heterocycles. The van der Waals surface area contributed by atoms with Crippen molar-refractivity contribution in [3.63, 3.8) is 0 Å². The minimum absolute atomic E-state index is 0.156. The Morgan fingerprint density at radius 2 is 2.18 bits per heavy atom. The molecule has 0 saturated heterocycles. The first kappa shape index (κ1) is 13.5. The van der Waals surface area contributed by atoms with Crippen molar-refractivity contribution >= 4 is 11.7 Å². The maximum absolute atomic E-state index is 11.0. The number of hydrogen-bond acceptors (Lipinski definition) is 3. The zero-order valence-corrected chi connectivity index (χ0v) is 10.1. The summed E-state index contributed by atoms with van der Waals surface area (Å²) < 4.78 is 5.45. The van der Waals surface area contributed by atoms with Crippen LogP contribution < -0.4 is 5.73 Å². The number of hydrogen-bond donors (Lipinski definition) is 2. The highest BCUT2D eigenvalue weighted by atomic mass is 16.5. The van der Waals surface area contributed by atoms with Gasteiger partial charge in [-0.1, -0.05) is 31.9 Å². The molecule has 4 heteroatoms. The van der Waals surface area contributed by atoms with Gasteiger partial charge in [0.2, 0.25) is 0 Å². The van der Waals surface area contributed by atoms with Gasteiger partial charge >= 0.3 is 5.97 Å². The summed E-state index contributed by atoms with van der Waals surface area (Å²) in [5, 5.41) is 9.05. The molecule has 0 spiro atoms. The number of nitrogens with two attached hydrogens (primary N) is 1. The van der Waals surface area contributed by atoms with Gasteiger partial charge in [-0.05, 0) is 18.1 Å². The van der Waals surface area contributed by atoms with Crippen molar-refractivity contribution in [3.8, 4) is 0 Å². The van der Waals surface area contributed by atoms with Crippen molar-refractivity contribution in [2.45, 2.75) is 32.8 Å². The summed E-state index contributed by atoms with van der Waals surface area (Å²) in [4.78, 5) is 11.0. The second-order valence-corrected chi connectivity index (χ2v) is 3.95. The molecular formula is C13H19NO3. The van der Waals surface area contributed by atoms with Crippen LogP contribution in [0.1, 0.15) is 42.1 Å². The molecule has 1 aromatic rings. The van der Waals surface area contributed by atoms with Crippen LogP contribution >= 0.6 is 0 Å². The van der Waals surface area contributed by atoms with E-state index >= 15 is 0 Å². The Bertz CT molecular complexity index is 377. The van der Waals surface area contributed by atoms with Crippen LogP contribution in [0.3, 0.4) is 0 Å². The van der Waals surface area contributed by atoms with Crippen molar-refractivity contribution < 1.29 is 14.6 Å². The molecule has 0 fully saturated rings. The van der Waals surface area contributed by atoms with Gasteiger partial charge in [-0.25, -0.2) is 4.79 Å². The molecule has 0 aliphatic carbocycles. The Labute approximate surface area is 101 Å². The maximum atomic E-state index is 11.0. The minimum atomic E-state index is -1.00. The van der Waals surface area contributed by atoms with E-state index in [1.165, 1.54) is 0 Å². The van der Waals surface area contributed by atoms with E-state index in [4.69, 9.17) is 15.6 Å². The Morgan fingerprint density at radius 3 is 2.82 bits per heavy atom. The van der Waals surface area contributed by atoms with Crippen LogP contribution in [-0.4, -0.2) is 17.7 Å². The molecule has 0 aliphatic rings. The number of carboxylic acids is 1. The average Bonchev–Trinajstić information content (AvgIpc) is 2.28. The van der Waals surface area contributed by atoms with E-state index in [0.29, 0.717) is 18.8 Å². The second-order valence-electron chi connectivity index (χ2n) is 3.95. The summed E-state index contributed by atoms with van der Waals surface area (Å²) in [6.07, 6.45) is 3.27. The third kappa shape index (κ3) is 4.07. The number of carbonyl (C=O) groups is 1. The molecule has 0 bridgehead atoms. The summed E-state index contributed by atoms with van der Waals surface area (Å²) in [6, 6.07) is 5.07. The van der Waals surface area contributed by atoms with Crippen LogP contribution in [0.15, 0.2) is 18.2 Å². The largest absolute Gasteiger partial charge is 0.478 e. The van der Waals surface area contributed by atoms with Gasteiger partial charge in [0.1, 0.15) is 0 Å². The summed E-state index contributed by atoms with van der Waals surface area (Å²) in [5.41, 5.74) is 6.71. The Kier molecular flexibility index (Phi) is 5.49. The molecule has 0 atom stereocenters. The lowest BCUT2D eigenvalue weighted by Crippen LogP contribution is -2.08. The van der Waals surface area contributed by atoms with Crippen molar-refractivity contribution in [1.29, 1.82) is 0 Å². The number of ether oxygens (including phenoxy) is 1. The second kappa shape index (κ2) is 6.91. The molecule has 17 heavy (non-hydrogen) atoms. The molecule has 94 valence electrons. The molecule has 4 nitrogen and oxygen atoms in total. The molecule has 0 aromatic heterocycles. The molecule has 0 amide bonds. The quantitative estimate of drug-likeness (QED) is 0.565. The van der Waals surface area contributed by atoms with E-state index < -0.39 is 5.97 Å². The zero-order chi connectivity index (χ0) is 12.7. The van der Waals surface area contributed by atoms with Crippen molar-refractivity contribution in [2.24, 2.45) is 0 Å². The van der Waals surface area contributed by atoms with E-state index in [9.17, 15) is 4.79 Å². The Morgan fingerprint density at radius 1 is 1.41 bits per heavy atom. The number of benzene rings is 1. The number of rotatable bonds is 7. The van der Waals surface area contributed by atoms with E-state index in [-0.39, 0.29) is 11.3 Å². The summed E-state index contributed by atoms with van der Waals surface area (Å²) in [6.45, 7) is 3.08. The SMILES string of the molecule is CCCCCOCc1cccc(N)c1C(=O)O. The van der Waals surface area contributed by atoms with Gasteiger partial charge in [0.25, 0.3) is 0 Å². The van der Waals surface area contributed by atoms with Gasteiger partial charge in [0, 0.05) is 12.3 Å². The van der Waals surface area contributed by atoms with Crippen LogP contribution in [0, 0.1) is 0 Å². The van der Waals surface area contributed by atoms with Gasteiger partial charge in [-0.2, -0.15) is 0 Å². The highest BCUT2D eigenvalue weighted by Crippen LogP contribution is 2.18. The van der Waals surface area contributed by atoms with Crippen LogP contribution in [0.5, 0.6) is 0 Å². The molecule has 0 radical (unpaired) electrons. The first-order chi connectivity index (χ1) is 8.16. The third-order valence-electron chi connectivity index (χ3n) is 2.55. The van der Waals surface area contributed by atoms with E-state index in [0.717, 1.165) is 19.3 Å². The first-order valence-corrected chi connectivity index (χ1v) is 5.85. The average molecular weight is 237 g/mol. The fourth-order valence-corrected chi connectivity index (χ4v) is 1.64. The lowest BCUT2D eigenvalue weighted by molar-refractivity contribution is 0.0688. The van der Waals surface area contributed by atoms with Crippen molar-refractivity contribution in [2.75, 3.05) is 12.3 Å². The van der Waals surface area contributed by atoms with Crippen LogP contribution in [-0.2, 0) is 11.3 Å². The maximum Gasteiger partial charge on any atom is 0.338 e. The monoisotopic (exact) mass is 237 g/mol. The molecule has 3 N–H and O–H groups in total. The van der Waals surface area contributed by atoms with Crippen LogP contribution in [0.25, 0.3) is 0 Å². The first-order valence-electron chi connectivity index (χ1n) is 5.85. The lowest BCUT2D eigenvalue weighted by Gasteiger charge is -2.09. The van der Waals surface area contributed by atoms with Gasteiger partial charge in [0.15, 0.2) is 0 Å². The molecule has 1 aromatic carbocycles. The fraction of sp³-hybridized carbons (Fsp3) is 0.462. The zero-order valence-electron chi connectivity index (χ0n) is 10.1. The molecule has 0 aliphatic heterocycles. The summed E-state index contributed by atoms with van der Waals surface area (Å²) in [5.74, 6) is -1.00. The number of aromatic carboxylic acids is 1. The predicted octanol–water partition coefficient (Wildman–Crippen LogP) is 2.67. The van der Waals surface area contributed by atoms with Crippen molar-refractivity contribution in [1.82, 2.24) is 0 Å². The standard InChI is InChI=1S/C13H19NO3/c1-2-3-4-8-17-9-10-6-5-7-11(14)12(10)13(15)16/h5-7H,2-4,8-9,14H2,1H3,(H,15,16). The molecule has 0 saturated carbocycles. The van der Waals surface area contributed by atoms with Crippen LogP contribution in [0.2, 0.25) is 0 Å². The Hall–Kier alpha value is -1.55. The van der Waals surface area contributed by atoms with Crippen LogP contribution in [0.4, 0.5) is 5.69 Å². The third-order valence-corrected chi connectivity index (χ3v) is 2.55. The number of carboxylic acid groups (broad SMARTS) is 1. The molecular weight excluding hydrogens is 218 g/mol. The normalized spacial score (nSPS) is 10.4. The van der Waals surface area contributed by atoms with E-state index in [1.54, 1.807) is 18.2 Å². The predicted molar refractivity (Wildman–Crippen MR) is 67.0 cm³/mol. The Balaban J connectivity index is 2.58. The number of unbranched alkanes of at least 4 members (excludes halogenated alkanes) is 2. The summed E-state index contributed by atoms with van der Waals surface area (Å²) >= 11 is 0. The number of anilines is 1.